The minimum absolute atomic E-state index is 0.251. The molecule has 0 bridgehead atoms. The Balaban J connectivity index is 2.56. The second-order valence-corrected chi connectivity index (χ2v) is 3.37. The molecule has 0 radical (unpaired) electrons. The number of Topliss-reactive ketones (excluding diaryl/α,β-unsaturated/α-hetero) is 1. The molecule has 1 unspecified atom stereocenters. The van der Waals surface area contributed by atoms with Gasteiger partial charge in [-0.15, -0.1) is 0 Å². The molecule has 0 N–H and O–H groups in total. The number of aldehydes is 1. The molecule has 15 heavy (non-hydrogen) atoms. The Kier molecular flexibility index (Phi) is 1.92. The second kappa shape index (κ2) is 3.01. The predicted molar refractivity (Wildman–Crippen MR) is 55.9 cm³/mol. The van der Waals surface area contributed by atoms with Crippen molar-refractivity contribution in [3.8, 4) is 0 Å². The molecule has 0 aromatic rings. The van der Waals surface area contributed by atoms with E-state index in [1.807, 2.05) is 0 Å². The molecule has 2 rings (SSSR count). The van der Waals surface area contributed by atoms with Crippen LogP contribution in [0.5, 0.6) is 0 Å². The van der Waals surface area contributed by atoms with Gasteiger partial charge in [0.05, 0.1) is 0 Å². The average molecular weight is 204 g/mol. The van der Waals surface area contributed by atoms with Crippen molar-refractivity contribution < 1.29 is 9.59 Å². The summed E-state index contributed by atoms with van der Waals surface area (Å²) in [7, 11) is 0. The summed E-state index contributed by atoms with van der Waals surface area (Å²) in [5.41, 5.74) is -0.926. The number of fused-ring (bicyclic) bond motifs is 1. The van der Waals surface area contributed by atoms with Gasteiger partial charge in [-0.05, 0) is 13.8 Å². The summed E-state index contributed by atoms with van der Waals surface area (Å²) < 4.78 is 0. The minimum Gasteiger partial charge on any atom is -0.294 e. The lowest BCUT2D eigenvalue weighted by Crippen LogP contribution is -2.48. The number of aliphatic imine (C=N–C) groups is 4. The van der Waals surface area contributed by atoms with Crippen molar-refractivity contribution in [2.75, 3.05) is 0 Å². The highest BCUT2D eigenvalue weighted by atomic mass is 16.2. The van der Waals surface area contributed by atoms with Crippen molar-refractivity contribution >= 4 is 35.8 Å². The van der Waals surface area contributed by atoms with Crippen LogP contribution in [0, 0.1) is 0 Å². The number of hydrogen-bond acceptors (Lipinski definition) is 6. The molecule has 76 valence electrons. The Morgan fingerprint density at radius 3 is 2.93 bits per heavy atom. The topological polar surface area (TPSA) is 83.6 Å². The number of rotatable bonds is 2. The number of nitrogens with zero attached hydrogens (tertiary/aromatic N) is 4. The molecule has 0 aromatic heterocycles. The molecule has 0 saturated heterocycles. The fourth-order valence-corrected chi connectivity index (χ4v) is 1.53. The summed E-state index contributed by atoms with van der Waals surface area (Å²) >= 11 is 0. The monoisotopic (exact) mass is 204 g/mol. The van der Waals surface area contributed by atoms with Crippen LogP contribution in [0.2, 0.25) is 0 Å². The van der Waals surface area contributed by atoms with Gasteiger partial charge in [0.1, 0.15) is 17.9 Å². The SMILES string of the molecule is CC1=NC(C)(C(=O)C=O)C2=NC=NC2=N1. The Labute approximate surface area is 85.6 Å². The van der Waals surface area contributed by atoms with E-state index in [4.69, 9.17) is 0 Å². The molecule has 2 aliphatic heterocycles. The molecule has 6 nitrogen and oxygen atoms in total. The first kappa shape index (κ1) is 9.57. The van der Waals surface area contributed by atoms with Crippen molar-refractivity contribution in [2.24, 2.45) is 20.0 Å². The van der Waals surface area contributed by atoms with E-state index in [0.29, 0.717) is 17.4 Å². The zero-order valence-corrected chi connectivity index (χ0v) is 8.26. The maximum absolute atomic E-state index is 11.5. The van der Waals surface area contributed by atoms with Crippen LogP contribution in [0.15, 0.2) is 20.0 Å². The van der Waals surface area contributed by atoms with Crippen LogP contribution >= 0.6 is 0 Å². The molecule has 2 aliphatic rings. The zero-order chi connectivity index (χ0) is 11.1. The molecule has 0 saturated carbocycles. The molecular weight excluding hydrogens is 196 g/mol. The third kappa shape index (κ3) is 1.25. The average Bonchev–Trinajstić information content (AvgIpc) is 2.64. The molecule has 6 heteroatoms. The molecule has 0 fully saturated rings. The van der Waals surface area contributed by atoms with E-state index in [1.54, 1.807) is 6.92 Å². The minimum atomic E-state index is -1.26. The van der Waals surface area contributed by atoms with Crippen molar-refractivity contribution in [1.82, 2.24) is 0 Å². The third-order valence-electron chi connectivity index (χ3n) is 2.28. The number of ketones is 1. The second-order valence-electron chi connectivity index (χ2n) is 3.37. The first-order chi connectivity index (χ1) is 7.08. The highest BCUT2D eigenvalue weighted by molar-refractivity contribution is 6.58. The Bertz CT molecular complexity index is 473. The summed E-state index contributed by atoms with van der Waals surface area (Å²) in [5.74, 6) is 0.138. The fourth-order valence-electron chi connectivity index (χ4n) is 1.53. The van der Waals surface area contributed by atoms with Crippen LogP contribution in [-0.2, 0) is 9.59 Å². The van der Waals surface area contributed by atoms with Gasteiger partial charge in [-0.2, -0.15) is 0 Å². The Morgan fingerprint density at radius 2 is 2.27 bits per heavy atom. The van der Waals surface area contributed by atoms with E-state index in [0.717, 1.165) is 0 Å². The first-order valence-corrected chi connectivity index (χ1v) is 4.34. The number of carbonyl (C=O) groups excluding carboxylic acids is 2. The number of amidine groups is 2. The largest absolute Gasteiger partial charge is 0.294 e. The van der Waals surface area contributed by atoms with Crippen molar-refractivity contribution in [2.45, 2.75) is 19.4 Å². The van der Waals surface area contributed by atoms with Gasteiger partial charge in [0.2, 0.25) is 5.78 Å². The number of carbonyl (C=O) groups is 2. The first-order valence-electron chi connectivity index (χ1n) is 4.34. The van der Waals surface area contributed by atoms with Crippen molar-refractivity contribution in [3.63, 3.8) is 0 Å². The highest BCUT2D eigenvalue weighted by Gasteiger charge is 2.44. The summed E-state index contributed by atoms with van der Waals surface area (Å²) in [6, 6.07) is 0. The predicted octanol–water partition coefficient (Wildman–Crippen LogP) is -0.173. The lowest BCUT2D eigenvalue weighted by Gasteiger charge is -2.24. The van der Waals surface area contributed by atoms with Crippen molar-refractivity contribution in [1.29, 1.82) is 0 Å². The van der Waals surface area contributed by atoms with Gasteiger partial charge in [-0.25, -0.2) is 20.0 Å². The van der Waals surface area contributed by atoms with Gasteiger partial charge in [0, 0.05) is 0 Å². The lowest BCUT2D eigenvalue weighted by atomic mass is 9.90. The Morgan fingerprint density at radius 1 is 1.53 bits per heavy atom. The van der Waals surface area contributed by atoms with Crippen LogP contribution in [0.1, 0.15) is 13.8 Å². The van der Waals surface area contributed by atoms with Gasteiger partial charge in [0.25, 0.3) is 0 Å². The maximum atomic E-state index is 11.5. The van der Waals surface area contributed by atoms with E-state index in [9.17, 15) is 9.59 Å². The Hall–Kier alpha value is -1.98. The quantitative estimate of drug-likeness (QED) is 0.462. The van der Waals surface area contributed by atoms with Gasteiger partial charge in [-0.3, -0.25) is 9.59 Å². The van der Waals surface area contributed by atoms with E-state index < -0.39 is 11.3 Å². The highest BCUT2D eigenvalue weighted by Crippen LogP contribution is 2.22. The van der Waals surface area contributed by atoms with Gasteiger partial charge >= 0.3 is 0 Å². The summed E-state index contributed by atoms with van der Waals surface area (Å²) in [4.78, 5) is 38.0. The van der Waals surface area contributed by atoms with Crippen LogP contribution in [0.4, 0.5) is 0 Å². The van der Waals surface area contributed by atoms with E-state index >= 15 is 0 Å². The number of hydrogen-bond donors (Lipinski definition) is 0. The summed E-state index contributed by atoms with van der Waals surface area (Å²) in [6.07, 6.45) is 1.55. The molecule has 0 spiro atoms. The molecule has 0 aliphatic carbocycles. The van der Waals surface area contributed by atoms with Crippen LogP contribution < -0.4 is 0 Å². The molecule has 0 aromatic carbocycles. The van der Waals surface area contributed by atoms with Crippen LogP contribution in [0.25, 0.3) is 0 Å². The van der Waals surface area contributed by atoms with Crippen molar-refractivity contribution in [3.05, 3.63) is 0 Å². The molecular formula is C9H8N4O2. The van der Waals surface area contributed by atoms with Gasteiger partial charge < -0.3 is 0 Å². The molecule has 2 heterocycles. The lowest BCUT2D eigenvalue weighted by molar-refractivity contribution is -0.131. The van der Waals surface area contributed by atoms with Gasteiger partial charge in [-0.1, -0.05) is 0 Å². The maximum Gasteiger partial charge on any atom is 0.228 e. The summed E-state index contributed by atoms with van der Waals surface area (Å²) in [6.45, 7) is 3.18. The summed E-state index contributed by atoms with van der Waals surface area (Å²) in [5, 5.41) is 0. The normalized spacial score (nSPS) is 27.7. The standard InChI is InChI=1S/C9H8N4O2/c1-5-12-8-7(10-4-11-8)9(2,13-5)6(15)3-14/h3-4H,1-2H3. The third-order valence-corrected chi connectivity index (χ3v) is 2.28. The van der Waals surface area contributed by atoms with Crippen LogP contribution in [-0.4, -0.2) is 41.3 Å². The fraction of sp³-hybridized carbons (Fsp3) is 0.333. The molecule has 0 amide bonds. The smallest absolute Gasteiger partial charge is 0.228 e. The van der Waals surface area contributed by atoms with E-state index in [-0.39, 0.29) is 6.29 Å². The zero-order valence-electron chi connectivity index (χ0n) is 8.26. The van der Waals surface area contributed by atoms with Crippen LogP contribution in [0.3, 0.4) is 0 Å². The molecule has 1 atom stereocenters. The van der Waals surface area contributed by atoms with Gasteiger partial charge in [0.15, 0.2) is 17.7 Å². The van der Waals surface area contributed by atoms with E-state index in [2.05, 4.69) is 20.0 Å². The van der Waals surface area contributed by atoms with E-state index in [1.165, 1.54) is 13.3 Å².